The van der Waals surface area contributed by atoms with E-state index in [-0.39, 0.29) is 18.3 Å². The third-order valence-corrected chi connectivity index (χ3v) is 6.16. The van der Waals surface area contributed by atoms with Crippen molar-refractivity contribution in [3.05, 3.63) is 53.1 Å². The molecule has 3 aromatic rings. The van der Waals surface area contributed by atoms with E-state index in [1.807, 2.05) is 62.8 Å². The van der Waals surface area contributed by atoms with E-state index in [2.05, 4.69) is 9.88 Å². The molecule has 0 saturated carbocycles. The molecule has 4 nitrogen and oxygen atoms in total. The number of thiazole rings is 1. The highest BCUT2D eigenvalue weighted by atomic mass is 35.5. The number of thioether (sulfide) groups is 1. The number of rotatable bonds is 7. The summed E-state index contributed by atoms with van der Waals surface area (Å²) >= 11 is 9.27. The number of halogens is 2. The lowest BCUT2D eigenvalue weighted by molar-refractivity contribution is 0.0986. The van der Waals surface area contributed by atoms with E-state index in [1.165, 1.54) is 11.3 Å². The Morgan fingerprint density at radius 3 is 2.50 bits per heavy atom. The Morgan fingerprint density at radius 1 is 1.14 bits per heavy atom. The number of amides is 1. The van der Waals surface area contributed by atoms with E-state index >= 15 is 0 Å². The molecule has 0 saturated heterocycles. The van der Waals surface area contributed by atoms with Gasteiger partial charge in [-0.2, -0.15) is 0 Å². The minimum Gasteiger partial charge on any atom is -0.309 e. The first-order valence-corrected chi connectivity index (χ1v) is 11.1. The Balaban J connectivity index is 0.00000280. The van der Waals surface area contributed by atoms with Crippen molar-refractivity contribution in [2.24, 2.45) is 0 Å². The van der Waals surface area contributed by atoms with Gasteiger partial charge in [0, 0.05) is 22.0 Å². The van der Waals surface area contributed by atoms with E-state index in [4.69, 9.17) is 11.6 Å². The molecule has 0 bridgehead atoms. The first-order valence-electron chi connectivity index (χ1n) is 8.64. The molecule has 0 fully saturated rings. The number of anilines is 1. The van der Waals surface area contributed by atoms with Gasteiger partial charge in [-0.3, -0.25) is 9.69 Å². The van der Waals surface area contributed by atoms with Gasteiger partial charge in [-0.15, -0.1) is 24.2 Å². The molecule has 0 atom stereocenters. The number of carbonyl (C=O) groups excluding carboxylic acids is 1. The lowest BCUT2D eigenvalue weighted by Gasteiger charge is -2.21. The molecule has 3 rings (SSSR count). The Labute approximate surface area is 185 Å². The standard InChI is InChI=1S/C20H22ClN3OS2.ClH/c1-23(2)11-4-12-24(19(25)14-5-8-16(26-3)9-6-14)20-22-17-10-7-15(21)13-18(17)27-20;/h5-10,13H,4,11-12H2,1-3H3;1H. The van der Waals surface area contributed by atoms with Gasteiger partial charge in [0.15, 0.2) is 5.13 Å². The third kappa shape index (κ3) is 5.61. The first-order chi connectivity index (χ1) is 13.0. The summed E-state index contributed by atoms with van der Waals surface area (Å²) in [6, 6.07) is 13.4. The third-order valence-electron chi connectivity index (χ3n) is 4.14. The Bertz CT molecular complexity index is 929. The molecule has 0 aliphatic rings. The predicted octanol–water partition coefficient (Wildman–Crippen LogP) is 5.69. The quantitative estimate of drug-likeness (QED) is 0.428. The van der Waals surface area contributed by atoms with Crippen LogP contribution in [-0.2, 0) is 0 Å². The SMILES string of the molecule is CSc1ccc(C(=O)N(CCCN(C)C)c2nc3ccc(Cl)cc3s2)cc1.Cl. The van der Waals surface area contributed by atoms with Crippen molar-refractivity contribution in [2.45, 2.75) is 11.3 Å². The second-order valence-electron chi connectivity index (χ2n) is 6.45. The molecule has 0 N–H and O–H groups in total. The molecule has 1 heterocycles. The van der Waals surface area contributed by atoms with E-state index in [1.54, 1.807) is 16.7 Å². The Morgan fingerprint density at radius 2 is 1.86 bits per heavy atom. The maximum atomic E-state index is 13.2. The van der Waals surface area contributed by atoms with Gasteiger partial charge >= 0.3 is 0 Å². The van der Waals surface area contributed by atoms with Gasteiger partial charge in [-0.1, -0.05) is 22.9 Å². The van der Waals surface area contributed by atoms with Crippen LogP contribution in [0.2, 0.25) is 5.02 Å². The lowest BCUT2D eigenvalue weighted by Crippen LogP contribution is -2.33. The fourth-order valence-corrected chi connectivity index (χ4v) is 4.39. The van der Waals surface area contributed by atoms with E-state index < -0.39 is 0 Å². The number of fused-ring (bicyclic) bond motifs is 1. The zero-order chi connectivity index (χ0) is 19.4. The monoisotopic (exact) mass is 455 g/mol. The average Bonchev–Trinajstić information content (AvgIpc) is 3.07. The van der Waals surface area contributed by atoms with Crippen LogP contribution in [0.3, 0.4) is 0 Å². The van der Waals surface area contributed by atoms with Crippen molar-refractivity contribution in [1.29, 1.82) is 0 Å². The van der Waals surface area contributed by atoms with Gasteiger partial charge in [-0.05, 0) is 75.8 Å². The van der Waals surface area contributed by atoms with E-state index in [0.717, 1.165) is 28.1 Å². The zero-order valence-electron chi connectivity index (χ0n) is 16.0. The molecule has 1 aromatic heterocycles. The fourth-order valence-electron chi connectivity index (χ4n) is 2.72. The van der Waals surface area contributed by atoms with Crippen LogP contribution in [0, 0.1) is 0 Å². The molecule has 0 spiro atoms. The number of aromatic nitrogens is 1. The van der Waals surface area contributed by atoms with Crippen LogP contribution in [0.15, 0.2) is 47.4 Å². The van der Waals surface area contributed by atoms with E-state index in [0.29, 0.717) is 22.3 Å². The van der Waals surface area contributed by atoms with Crippen molar-refractivity contribution >= 4 is 68.4 Å². The van der Waals surface area contributed by atoms with Crippen molar-refractivity contribution in [1.82, 2.24) is 9.88 Å². The van der Waals surface area contributed by atoms with Crippen LogP contribution >= 0.6 is 47.1 Å². The van der Waals surface area contributed by atoms with Crippen LogP contribution in [0.1, 0.15) is 16.8 Å². The average molecular weight is 456 g/mol. The van der Waals surface area contributed by atoms with Crippen molar-refractivity contribution in [2.75, 3.05) is 38.3 Å². The van der Waals surface area contributed by atoms with Crippen LogP contribution in [0.5, 0.6) is 0 Å². The number of hydrogen-bond donors (Lipinski definition) is 0. The summed E-state index contributed by atoms with van der Waals surface area (Å²) in [6.07, 6.45) is 2.90. The topological polar surface area (TPSA) is 36.4 Å². The van der Waals surface area contributed by atoms with Gasteiger partial charge in [0.2, 0.25) is 0 Å². The van der Waals surface area contributed by atoms with Crippen LogP contribution in [-0.4, -0.2) is 49.2 Å². The highest BCUT2D eigenvalue weighted by molar-refractivity contribution is 7.98. The molecular formula is C20H23Cl2N3OS2. The summed E-state index contributed by atoms with van der Waals surface area (Å²) in [4.78, 5) is 22.9. The van der Waals surface area contributed by atoms with Gasteiger partial charge < -0.3 is 4.90 Å². The minimum atomic E-state index is -0.0217. The van der Waals surface area contributed by atoms with Crippen molar-refractivity contribution in [3.63, 3.8) is 0 Å². The van der Waals surface area contributed by atoms with E-state index in [9.17, 15) is 4.79 Å². The molecule has 2 aromatic carbocycles. The first kappa shape index (κ1) is 23.0. The maximum absolute atomic E-state index is 13.2. The van der Waals surface area contributed by atoms with Crippen LogP contribution in [0.4, 0.5) is 5.13 Å². The molecular weight excluding hydrogens is 433 g/mol. The summed E-state index contributed by atoms with van der Waals surface area (Å²) in [6.45, 7) is 1.53. The number of hydrogen-bond acceptors (Lipinski definition) is 5. The van der Waals surface area contributed by atoms with Gasteiger partial charge in [0.25, 0.3) is 5.91 Å². The smallest absolute Gasteiger partial charge is 0.260 e. The maximum Gasteiger partial charge on any atom is 0.260 e. The summed E-state index contributed by atoms with van der Waals surface area (Å²) < 4.78 is 0.987. The summed E-state index contributed by atoms with van der Waals surface area (Å²) in [5.74, 6) is -0.0217. The summed E-state index contributed by atoms with van der Waals surface area (Å²) in [5.41, 5.74) is 1.54. The normalized spacial score (nSPS) is 10.9. The predicted molar refractivity (Wildman–Crippen MR) is 125 cm³/mol. The molecule has 8 heteroatoms. The molecule has 0 aliphatic carbocycles. The molecule has 0 unspecified atom stereocenters. The largest absolute Gasteiger partial charge is 0.309 e. The minimum absolute atomic E-state index is 0. The molecule has 150 valence electrons. The Hall–Kier alpha value is -1.31. The second kappa shape index (κ2) is 10.5. The molecule has 0 aliphatic heterocycles. The van der Waals surface area contributed by atoms with Crippen molar-refractivity contribution in [3.8, 4) is 0 Å². The second-order valence-corrected chi connectivity index (χ2v) is 8.78. The molecule has 0 radical (unpaired) electrons. The number of benzene rings is 2. The zero-order valence-corrected chi connectivity index (χ0v) is 19.2. The molecule has 28 heavy (non-hydrogen) atoms. The lowest BCUT2D eigenvalue weighted by atomic mass is 10.2. The van der Waals surface area contributed by atoms with Gasteiger partial charge in [0.1, 0.15) is 0 Å². The number of carbonyl (C=O) groups is 1. The Kier molecular flexibility index (Phi) is 8.58. The van der Waals surface area contributed by atoms with Gasteiger partial charge in [0.05, 0.1) is 10.2 Å². The highest BCUT2D eigenvalue weighted by Crippen LogP contribution is 2.31. The van der Waals surface area contributed by atoms with Crippen LogP contribution < -0.4 is 4.90 Å². The highest BCUT2D eigenvalue weighted by Gasteiger charge is 2.21. The number of nitrogens with zero attached hydrogens (tertiary/aromatic N) is 3. The van der Waals surface area contributed by atoms with Crippen molar-refractivity contribution < 1.29 is 4.79 Å². The molecule has 1 amide bonds. The summed E-state index contributed by atoms with van der Waals surface area (Å²) in [5, 5.41) is 1.39. The van der Waals surface area contributed by atoms with Gasteiger partial charge in [-0.25, -0.2) is 4.98 Å². The fraction of sp³-hybridized carbons (Fsp3) is 0.300. The van der Waals surface area contributed by atoms with Crippen LogP contribution in [0.25, 0.3) is 10.2 Å². The summed E-state index contributed by atoms with van der Waals surface area (Å²) in [7, 11) is 4.07.